The van der Waals surface area contributed by atoms with Crippen molar-refractivity contribution in [3.63, 3.8) is 0 Å². The van der Waals surface area contributed by atoms with Gasteiger partial charge in [-0.1, -0.05) is 60.7 Å². The van der Waals surface area contributed by atoms with E-state index in [0.29, 0.717) is 13.2 Å². The Bertz CT molecular complexity index is 923. The molecule has 4 rings (SSSR count). The Morgan fingerprint density at radius 1 is 0.871 bits per heavy atom. The largest absolute Gasteiger partial charge is 0.492 e. The normalized spacial score (nSPS) is 16.7. The molecule has 1 radical (unpaired) electrons. The molecule has 0 saturated carbocycles. The van der Waals surface area contributed by atoms with E-state index in [1.807, 2.05) is 12.1 Å². The maximum absolute atomic E-state index is 12.8. The first-order valence-corrected chi connectivity index (χ1v) is 10.5. The van der Waals surface area contributed by atoms with E-state index in [2.05, 4.69) is 59.5 Å². The van der Waals surface area contributed by atoms with Gasteiger partial charge in [0.15, 0.2) is 0 Å². The van der Waals surface area contributed by atoms with Gasteiger partial charge in [0.05, 0.1) is 5.56 Å². The number of hydrogen-bond acceptors (Lipinski definition) is 2. The molecule has 3 aromatic rings. The van der Waals surface area contributed by atoms with E-state index < -0.39 is 11.7 Å². The molecule has 0 bridgehead atoms. The minimum atomic E-state index is -4.39. The van der Waals surface area contributed by atoms with Crippen molar-refractivity contribution in [3.8, 4) is 5.75 Å². The van der Waals surface area contributed by atoms with Gasteiger partial charge in [-0.15, -0.1) is 0 Å². The number of piperidine rings is 1. The highest BCUT2D eigenvalue weighted by atomic mass is 19.4. The van der Waals surface area contributed by atoms with Crippen LogP contribution in [0.15, 0.2) is 78.9 Å². The molecule has 0 spiro atoms. The van der Waals surface area contributed by atoms with Crippen molar-refractivity contribution >= 4 is 0 Å². The van der Waals surface area contributed by atoms with Crippen molar-refractivity contribution in [2.75, 3.05) is 26.2 Å². The molecule has 0 unspecified atom stereocenters. The zero-order valence-electron chi connectivity index (χ0n) is 17.2. The zero-order valence-corrected chi connectivity index (χ0v) is 17.2. The van der Waals surface area contributed by atoms with E-state index in [1.54, 1.807) is 0 Å². The fraction of sp³-hybridized carbons (Fsp3) is 0.308. The van der Waals surface area contributed by atoms with Crippen LogP contribution in [0.5, 0.6) is 5.75 Å². The van der Waals surface area contributed by atoms with Crippen molar-refractivity contribution in [1.29, 1.82) is 0 Å². The molecule has 161 valence electrons. The van der Waals surface area contributed by atoms with Gasteiger partial charge in [0, 0.05) is 12.0 Å². The van der Waals surface area contributed by atoms with Crippen LogP contribution in [0.4, 0.5) is 13.2 Å². The molecule has 3 aromatic carbocycles. The van der Waals surface area contributed by atoms with Gasteiger partial charge in [0.1, 0.15) is 12.4 Å². The number of ether oxygens (including phenoxy) is 1. The van der Waals surface area contributed by atoms with Crippen LogP contribution in [0.2, 0.25) is 0 Å². The van der Waals surface area contributed by atoms with Crippen LogP contribution in [0.1, 0.15) is 29.5 Å². The Labute approximate surface area is 181 Å². The highest BCUT2D eigenvalue weighted by Crippen LogP contribution is 2.41. The van der Waals surface area contributed by atoms with E-state index in [-0.39, 0.29) is 11.2 Å². The Morgan fingerprint density at radius 3 is 2.00 bits per heavy atom. The van der Waals surface area contributed by atoms with Crippen LogP contribution in [-0.2, 0) is 11.6 Å². The molecule has 0 atom stereocenters. The molecule has 0 aliphatic carbocycles. The fourth-order valence-electron chi connectivity index (χ4n) is 4.41. The average molecular weight is 424 g/mol. The molecule has 1 aliphatic heterocycles. The van der Waals surface area contributed by atoms with E-state index in [1.165, 1.54) is 17.2 Å². The van der Waals surface area contributed by atoms with Crippen LogP contribution in [0.3, 0.4) is 0 Å². The van der Waals surface area contributed by atoms with Crippen molar-refractivity contribution in [2.45, 2.75) is 24.4 Å². The topological polar surface area (TPSA) is 12.5 Å². The van der Waals surface area contributed by atoms with Gasteiger partial charge in [0.25, 0.3) is 0 Å². The van der Waals surface area contributed by atoms with Gasteiger partial charge < -0.3 is 4.74 Å². The van der Waals surface area contributed by atoms with Gasteiger partial charge in [-0.2, -0.15) is 13.2 Å². The van der Waals surface area contributed by atoms with Crippen LogP contribution in [-0.4, -0.2) is 31.1 Å². The summed E-state index contributed by atoms with van der Waals surface area (Å²) in [6.07, 6.45) is -2.42. The van der Waals surface area contributed by atoms with E-state index in [4.69, 9.17) is 4.74 Å². The van der Waals surface area contributed by atoms with E-state index in [9.17, 15) is 13.2 Å². The Morgan fingerprint density at radius 2 is 1.45 bits per heavy atom. The van der Waals surface area contributed by atoms with E-state index in [0.717, 1.165) is 38.1 Å². The average Bonchev–Trinajstić information content (AvgIpc) is 2.80. The van der Waals surface area contributed by atoms with E-state index >= 15 is 0 Å². The lowest BCUT2D eigenvalue weighted by molar-refractivity contribution is -0.137. The second kappa shape index (κ2) is 9.15. The fourth-order valence-corrected chi connectivity index (χ4v) is 4.41. The smallest absolute Gasteiger partial charge is 0.416 e. The number of hydrogen-bond donors (Lipinski definition) is 0. The number of benzene rings is 3. The number of likely N-dealkylation sites (tertiary alicyclic amines) is 1. The van der Waals surface area contributed by atoms with Gasteiger partial charge in [-0.25, -0.2) is 0 Å². The van der Waals surface area contributed by atoms with Gasteiger partial charge in [-0.05, 0) is 61.3 Å². The molecule has 0 aromatic heterocycles. The highest BCUT2D eigenvalue weighted by molar-refractivity contribution is 5.40. The summed E-state index contributed by atoms with van der Waals surface area (Å²) in [6, 6.07) is 27.2. The molecule has 1 aliphatic rings. The summed E-state index contributed by atoms with van der Waals surface area (Å²) in [7, 11) is 0. The molecule has 31 heavy (non-hydrogen) atoms. The SMILES string of the molecule is FC(F)(F)c1c[c]cc(OCCN2CCC(c3ccccc3)(c3ccccc3)CC2)c1. The molecule has 1 saturated heterocycles. The summed E-state index contributed by atoms with van der Waals surface area (Å²) in [5.41, 5.74) is 1.90. The molecule has 1 fully saturated rings. The van der Waals surface area contributed by atoms with Crippen LogP contribution >= 0.6 is 0 Å². The van der Waals surface area contributed by atoms with Crippen LogP contribution < -0.4 is 4.74 Å². The maximum atomic E-state index is 12.8. The van der Waals surface area contributed by atoms with Crippen molar-refractivity contribution < 1.29 is 17.9 Å². The summed E-state index contributed by atoms with van der Waals surface area (Å²) in [5.74, 6) is 0.203. The molecule has 1 heterocycles. The first-order chi connectivity index (χ1) is 15.0. The maximum Gasteiger partial charge on any atom is 0.416 e. The predicted octanol–water partition coefficient (Wildman–Crippen LogP) is 5.97. The number of nitrogens with zero attached hydrogens (tertiary/aromatic N) is 1. The minimum Gasteiger partial charge on any atom is -0.492 e. The second-order valence-corrected chi connectivity index (χ2v) is 7.96. The van der Waals surface area contributed by atoms with Crippen molar-refractivity contribution in [2.24, 2.45) is 0 Å². The summed E-state index contributed by atoms with van der Waals surface area (Å²) in [6.45, 7) is 2.83. The second-order valence-electron chi connectivity index (χ2n) is 7.96. The number of rotatable bonds is 6. The lowest BCUT2D eigenvalue weighted by Gasteiger charge is -2.43. The lowest BCUT2D eigenvalue weighted by atomic mass is 9.68. The lowest BCUT2D eigenvalue weighted by Crippen LogP contribution is -2.44. The number of halogens is 3. The predicted molar refractivity (Wildman–Crippen MR) is 115 cm³/mol. The third-order valence-corrected chi connectivity index (χ3v) is 6.13. The van der Waals surface area contributed by atoms with Crippen LogP contribution in [0, 0.1) is 6.07 Å². The van der Waals surface area contributed by atoms with Crippen molar-refractivity contribution in [1.82, 2.24) is 4.90 Å². The van der Waals surface area contributed by atoms with Gasteiger partial charge in [-0.3, -0.25) is 4.90 Å². The van der Waals surface area contributed by atoms with Gasteiger partial charge in [0.2, 0.25) is 0 Å². The molecule has 5 heteroatoms. The summed E-state index contributed by atoms with van der Waals surface area (Å²) in [5, 5.41) is 0. The monoisotopic (exact) mass is 424 g/mol. The first-order valence-electron chi connectivity index (χ1n) is 10.5. The molecule has 2 nitrogen and oxygen atoms in total. The molecule has 0 amide bonds. The molecular weight excluding hydrogens is 399 g/mol. The standard InChI is InChI=1S/C26H25F3NO/c27-26(28,29)23-12-7-13-24(20-23)31-19-18-30-16-14-25(15-17-30,21-8-3-1-4-9-21)22-10-5-2-6-11-22/h1-6,8-13,20H,14-19H2. The van der Waals surface area contributed by atoms with Crippen LogP contribution in [0.25, 0.3) is 0 Å². The van der Waals surface area contributed by atoms with Gasteiger partial charge >= 0.3 is 6.18 Å². The third-order valence-electron chi connectivity index (χ3n) is 6.13. The summed E-state index contributed by atoms with van der Waals surface area (Å²) < 4.78 is 44.1. The summed E-state index contributed by atoms with van der Waals surface area (Å²) >= 11 is 0. The Balaban J connectivity index is 1.38. The quantitative estimate of drug-likeness (QED) is 0.484. The van der Waals surface area contributed by atoms with Crippen molar-refractivity contribution in [3.05, 3.63) is 102 Å². The Hall–Kier alpha value is -2.79. The first kappa shape index (κ1) is 21.4. The highest BCUT2D eigenvalue weighted by Gasteiger charge is 2.37. The molecule has 0 N–H and O–H groups in total. The minimum absolute atomic E-state index is 0.0180. The molecular formula is C26H25F3NO. The number of alkyl halides is 3. The zero-order chi connectivity index (χ0) is 21.7. The third kappa shape index (κ3) is 4.93. The summed E-state index contributed by atoms with van der Waals surface area (Å²) in [4.78, 5) is 2.32. The Kier molecular flexibility index (Phi) is 6.33.